The van der Waals surface area contributed by atoms with Gasteiger partial charge in [0.1, 0.15) is 11.5 Å². The van der Waals surface area contributed by atoms with Gasteiger partial charge >= 0.3 is 0 Å². The molecule has 1 aromatic carbocycles. The lowest BCUT2D eigenvalue weighted by molar-refractivity contribution is -0.133. The van der Waals surface area contributed by atoms with Crippen LogP contribution in [-0.2, 0) is 4.79 Å². The number of rotatable bonds is 7. The lowest BCUT2D eigenvalue weighted by atomic mass is 10.3. The first-order chi connectivity index (χ1) is 13.2. The summed E-state index contributed by atoms with van der Waals surface area (Å²) in [5.74, 6) is 2.68. The molecule has 0 radical (unpaired) electrons. The van der Waals surface area contributed by atoms with Crippen molar-refractivity contribution in [1.82, 2.24) is 15.1 Å². The van der Waals surface area contributed by atoms with Gasteiger partial charge in [-0.15, -0.1) is 10.2 Å². The number of carbonyl (C=O) groups is 1. The van der Waals surface area contributed by atoms with Crippen molar-refractivity contribution in [2.24, 2.45) is 0 Å². The Morgan fingerprint density at radius 2 is 1.67 bits per heavy atom. The van der Waals surface area contributed by atoms with Gasteiger partial charge in [-0.2, -0.15) is 0 Å². The molecule has 1 aliphatic heterocycles. The fraction of sp³-hybridized carbons (Fsp3) is 0.421. The summed E-state index contributed by atoms with van der Waals surface area (Å²) >= 11 is 0. The van der Waals surface area contributed by atoms with E-state index in [4.69, 9.17) is 14.2 Å². The maximum absolute atomic E-state index is 12.4. The molecule has 0 saturated carbocycles. The van der Waals surface area contributed by atoms with E-state index in [2.05, 4.69) is 15.1 Å². The zero-order chi connectivity index (χ0) is 19.1. The average Bonchev–Trinajstić information content (AvgIpc) is 2.73. The van der Waals surface area contributed by atoms with Crippen LogP contribution in [0.3, 0.4) is 0 Å². The first-order valence-electron chi connectivity index (χ1n) is 8.95. The third kappa shape index (κ3) is 4.99. The van der Waals surface area contributed by atoms with Gasteiger partial charge in [-0.05, 0) is 37.3 Å². The van der Waals surface area contributed by atoms with Crippen LogP contribution >= 0.6 is 0 Å². The van der Waals surface area contributed by atoms with Gasteiger partial charge in [-0.3, -0.25) is 4.79 Å². The van der Waals surface area contributed by atoms with Gasteiger partial charge < -0.3 is 24.0 Å². The lowest BCUT2D eigenvalue weighted by Crippen LogP contribution is -2.50. The largest absolute Gasteiger partial charge is 0.497 e. The first kappa shape index (κ1) is 18.8. The van der Waals surface area contributed by atoms with Crippen LogP contribution in [0.2, 0.25) is 0 Å². The molecule has 1 aromatic heterocycles. The SMILES string of the molecule is CCOc1ccc(N2CCN(C(=O)COc3ccc(OC)cc3)CC2)nn1. The minimum absolute atomic E-state index is 0.0230. The predicted molar refractivity (Wildman–Crippen MR) is 100 cm³/mol. The number of benzene rings is 1. The van der Waals surface area contributed by atoms with Gasteiger partial charge in [0.05, 0.1) is 13.7 Å². The van der Waals surface area contributed by atoms with Crippen molar-refractivity contribution in [2.75, 3.05) is 51.4 Å². The summed E-state index contributed by atoms with van der Waals surface area (Å²) in [6.07, 6.45) is 0. The number of nitrogens with zero attached hydrogens (tertiary/aromatic N) is 4. The molecule has 8 nitrogen and oxygen atoms in total. The average molecular weight is 372 g/mol. The van der Waals surface area contributed by atoms with Gasteiger partial charge in [0, 0.05) is 32.2 Å². The van der Waals surface area contributed by atoms with Crippen LogP contribution in [0.1, 0.15) is 6.92 Å². The molecule has 1 saturated heterocycles. The van der Waals surface area contributed by atoms with Crippen LogP contribution in [-0.4, -0.2) is 67.5 Å². The molecule has 0 aliphatic carbocycles. The van der Waals surface area contributed by atoms with E-state index in [9.17, 15) is 4.79 Å². The number of ether oxygens (including phenoxy) is 3. The number of piperazine rings is 1. The molecule has 0 atom stereocenters. The summed E-state index contributed by atoms with van der Waals surface area (Å²) in [6, 6.07) is 10.9. The number of aromatic nitrogens is 2. The van der Waals surface area contributed by atoms with E-state index in [1.165, 1.54) is 0 Å². The summed E-state index contributed by atoms with van der Waals surface area (Å²) in [7, 11) is 1.61. The number of hydrogen-bond acceptors (Lipinski definition) is 7. The van der Waals surface area contributed by atoms with Gasteiger partial charge in [0.15, 0.2) is 12.4 Å². The minimum atomic E-state index is -0.0248. The quantitative estimate of drug-likeness (QED) is 0.731. The van der Waals surface area contributed by atoms with Gasteiger partial charge in [-0.25, -0.2) is 0 Å². The Bertz CT molecular complexity index is 728. The van der Waals surface area contributed by atoms with E-state index in [0.717, 1.165) is 11.6 Å². The predicted octanol–water partition coefficient (Wildman–Crippen LogP) is 1.61. The van der Waals surface area contributed by atoms with Crippen LogP contribution in [0.4, 0.5) is 5.82 Å². The number of amides is 1. The standard InChI is InChI=1S/C19H24N4O4/c1-3-26-18-9-8-17(20-21-18)22-10-12-23(13-11-22)19(24)14-27-16-6-4-15(25-2)5-7-16/h4-9H,3,10-14H2,1-2H3. The highest BCUT2D eigenvalue weighted by Crippen LogP contribution is 2.18. The van der Waals surface area contributed by atoms with Crippen molar-refractivity contribution < 1.29 is 19.0 Å². The van der Waals surface area contributed by atoms with Gasteiger partial charge in [-0.1, -0.05) is 0 Å². The Hall–Kier alpha value is -3.03. The Balaban J connectivity index is 1.45. The van der Waals surface area contributed by atoms with Crippen molar-refractivity contribution in [3.63, 3.8) is 0 Å². The van der Waals surface area contributed by atoms with E-state index in [1.54, 1.807) is 31.4 Å². The molecule has 1 amide bonds. The van der Waals surface area contributed by atoms with Crippen molar-refractivity contribution in [2.45, 2.75) is 6.92 Å². The fourth-order valence-corrected chi connectivity index (χ4v) is 2.80. The Kier molecular flexibility index (Phi) is 6.30. The lowest BCUT2D eigenvalue weighted by Gasteiger charge is -2.35. The minimum Gasteiger partial charge on any atom is -0.497 e. The van der Waals surface area contributed by atoms with E-state index < -0.39 is 0 Å². The van der Waals surface area contributed by atoms with Gasteiger partial charge in [0.25, 0.3) is 5.91 Å². The second kappa shape index (κ2) is 9.07. The molecule has 1 aliphatic rings. The zero-order valence-electron chi connectivity index (χ0n) is 15.6. The van der Waals surface area contributed by atoms with Crippen molar-refractivity contribution >= 4 is 11.7 Å². The number of hydrogen-bond donors (Lipinski definition) is 0. The highest BCUT2D eigenvalue weighted by molar-refractivity contribution is 5.78. The summed E-state index contributed by atoms with van der Waals surface area (Å²) in [5.41, 5.74) is 0. The molecule has 0 unspecified atom stereocenters. The molecule has 0 spiro atoms. The van der Waals surface area contributed by atoms with Crippen molar-refractivity contribution in [3.05, 3.63) is 36.4 Å². The highest BCUT2D eigenvalue weighted by Gasteiger charge is 2.22. The molecule has 27 heavy (non-hydrogen) atoms. The maximum atomic E-state index is 12.4. The molecular weight excluding hydrogens is 348 g/mol. The molecule has 2 aromatic rings. The second-order valence-electron chi connectivity index (χ2n) is 5.99. The molecule has 1 fully saturated rings. The third-order valence-corrected chi connectivity index (χ3v) is 4.30. The second-order valence-corrected chi connectivity index (χ2v) is 5.99. The Morgan fingerprint density at radius 1 is 0.963 bits per heavy atom. The Morgan fingerprint density at radius 3 is 2.26 bits per heavy atom. The maximum Gasteiger partial charge on any atom is 0.260 e. The van der Waals surface area contributed by atoms with Crippen LogP contribution < -0.4 is 19.1 Å². The van der Waals surface area contributed by atoms with Gasteiger partial charge in [0.2, 0.25) is 5.88 Å². The molecule has 3 rings (SSSR count). The van der Waals surface area contributed by atoms with E-state index in [0.29, 0.717) is 44.4 Å². The van der Waals surface area contributed by atoms with E-state index >= 15 is 0 Å². The Labute approximate surface area is 158 Å². The van der Waals surface area contributed by atoms with Crippen LogP contribution in [0.5, 0.6) is 17.4 Å². The molecule has 144 valence electrons. The number of anilines is 1. The van der Waals surface area contributed by atoms with E-state index in [-0.39, 0.29) is 12.5 Å². The van der Waals surface area contributed by atoms with Crippen LogP contribution in [0.25, 0.3) is 0 Å². The molecular formula is C19H24N4O4. The summed E-state index contributed by atoms with van der Waals surface area (Å²) < 4.78 is 16.0. The molecule has 2 heterocycles. The number of methoxy groups -OCH3 is 1. The first-order valence-corrected chi connectivity index (χ1v) is 8.95. The topological polar surface area (TPSA) is 77.0 Å². The zero-order valence-corrected chi connectivity index (χ0v) is 15.6. The molecule has 0 N–H and O–H groups in total. The summed E-state index contributed by atoms with van der Waals surface area (Å²) in [5, 5.41) is 8.24. The van der Waals surface area contributed by atoms with Crippen molar-refractivity contribution in [3.8, 4) is 17.4 Å². The fourth-order valence-electron chi connectivity index (χ4n) is 2.80. The monoisotopic (exact) mass is 372 g/mol. The van der Waals surface area contributed by atoms with Crippen LogP contribution in [0, 0.1) is 0 Å². The summed E-state index contributed by atoms with van der Waals surface area (Å²) in [6.45, 7) is 5.15. The van der Waals surface area contributed by atoms with Crippen LogP contribution in [0.15, 0.2) is 36.4 Å². The van der Waals surface area contributed by atoms with E-state index in [1.807, 2.05) is 24.0 Å². The van der Waals surface area contributed by atoms with Crippen molar-refractivity contribution in [1.29, 1.82) is 0 Å². The molecule has 8 heteroatoms. The molecule has 0 bridgehead atoms. The number of carbonyl (C=O) groups excluding carboxylic acids is 1. The highest BCUT2D eigenvalue weighted by atomic mass is 16.5. The summed E-state index contributed by atoms with van der Waals surface area (Å²) in [4.78, 5) is 16.3. The normalized spacial score (nSPS) is 14.0. The third-order valence-electron chi connectivity index (χ3n) is 4.30. The smallest absolute Gasteiger partial charge is 0.260 e.